The minimum atomic E-state index is -5.14. The molecule has 1 saturated heterocycles. The first-order valence-corrected chi connectivity index (χ1v) is 10.9. The third-order valence-corrected chi connectivity index (χ3v) is 6.75. The first-order valence-electron chi connectivity index (χ1n) is 10.1. The van der Waals surface area contributed by atoms with Gasteiger partial charge in [-0.05, 0) is 17.7 Å². The second-order valence-corrected chi connectivity index (χ2v) is 9.06. The molecule has 3 heterocycles. The third kappa shape index (κ3) is 3.53. The van der Waals surface area contributed by atoms with Crippen LogP contribution in [0.2, 0.25) is 0 Å². The molecule has 5 rings (SSSR count). The standard InChI is InChI=1S/C22H12F7N5OS/c1-35-20-32-16-9(19(33-20)34-6-21(25,26)7-34)4-11(22(27,28)29)14(15(16)24)8-2-3-12(23)17-13(8)10(5-30)18(31)36-17/h2-4H,6-7,31H2,1H3. The van der Waals surface area contributed by atoms with Crippen molar-refractivity contribution in [2.75, 3.05) is 30.8 Å². The highest BCUT2D eigenvalue weighted by Gasteiger charge is 2.46. The SMILES string of the molecule is COc1nc(N2CC(F)(F)C2)c2cc(C(F)(F)F)c(-c3ccc(F)c4sc(N)c(C#N)c34)c(F)c2n1. The number of nitrogens with zero attached hydrogens (tertiary/aromatic N) is 4. The highest BCUT2D eigenvalue weighted by Crippen LogP contribution is 2.48. The first kappa shape index (κ1) is 23.9. The number of rotatable bonds is 3. The lowest BCUT2D eigenvalue weighted by atomic mass is 9.92. The van der Waals surface area contributed by atoms with Crippen molar-refractivity contribution in [1.82, 2.24) is 9.97 Å². The van der Waals surface area contributed by atoms with Crippen LogP contribution in [0.4, 0.5) is 41.6 Å². The summed E-state index contributed by atoms with van der Waals surface area (Å²) >= 11 is 0.638. The van der Waals surface area contributed by atoms with Crippen LogP contribution in [0.1, 0.15) is 11.1 Å². The quantitative estimate of drug-likeness (QED) is 0.343. The van der Waals surface area contributed by atoms with E-state index in [0.29, 0.717) is 17.4 Å². The first-order chi connectivity index (χ1) is 16.9. The zero-order valence-corrected chi connectivity index (χ0v) is 18.8. The molecule has 0 amide bonds. The molecule has 2 aromatic carbocycles. The van der Waals surface area contributed by atoms with Crippen molar-refractivity contribution in [2.24, 2.45) is 0 Å². The van der Waals surface area contributed by atoms with Gasteiger partial charge in [0.25, 0.3) is 5.92 Å². The van der Waals surface area contributed by atoms with E-state index in [0.717, 1.165) is 24.1 Å². The fourth-order valence-electron chi connectivity index (χ4n) is 4.18. The van der Waals surface area contributed by atoms with Crippen LogP contribution in [-0.2, 0) is 6.18 Å². The van der Waals surface area contributed by atoms with Gasteiger partial charge in [-0.15, -0.1) is 11.3 Å². The van der Waals surface area contributed by atoms with E-state index in [1.807, 2.05) is 0 Å². The predicted octanol–water partition coefficient (Wildman–Crippen LogP) is 5.73. The number of thiophene rings is 1. The van der Waals surface area contributed by atoms with Gasteiger partial charge in [-0.1, -0.05) is 6.07 Å². The number of fused-ring (bicyclic) bond motifs is 2. The summed E-state index contributed by atoms with van der Waals surface area (Å²) in [6.45, 7) is -1.68. The van der Waals surface area contributed by atoms with E-state index in [2.05, 4.69) is 9.97 Å². The second-order valence-electron chi connectivity index (χ2n) is 8.01. The van der Waals surface area contributed by atoms with Crippen molar-refractivity contribution in [3.8, 4) is 23.2 Å². The fraction of sp³-hybridized carbons (Fsp3) is 0.227. The lowest BCUT2D eigenvalue weighted by molar-refractivity contribution is -0.137. The van der Waals surface area contributed by atoms with Gasteiger partial charge in [0.15, 0.2) is 5.82 Å². The van der Waals surface area contributed by atoms with Crippen LogP contribution >= 0.6 is 11.3 Å². The average Bonchev–Trinajstić information content (AvgIpc) is 3.13. The van der Waals surface area contributed by atoms with Gasteiger partial charge in [0, 0.05) is 16.3 Å². The molecule has 0 atom stereocenters. The van der Waals surface area contributed by atoms with Gasteiger partial charge >= 0.3 is 12.2 Å². The summed E-state index contributed by atoms with van der Waals surface area (Å²) in [5.74, 6) is -5.79. The number of hydrogen-bond donors (Lipinski definition) is 1. The number of anilines is 2. The monoisotopic (exact) mass is 527 g/mol. The number of alkyl halides is 5. The molecule has 186 valence electrons. The van der Waals surface area contributed by atoms with Gasteiger partial charge in [-0.3, -0.25) is 0 Å². The molecule has 0 bridgehead atoms. The third-order valence-electron chi connectivity index (χ3n) is 5.72. The molecular weight excluding hydrogens is 515 g/mol. The summed E-state index contributed by atoms with van der Waals surface area (Å²) in [5.41, 5.74) is 1.91. The summed E-state index contributed by atoms with van der Waals surface area (Å²) in [7, 11) is 1.12. The Balaban J connectivity index is 1.91. The molecule has 0 saturated carbocycles. The Hall–Kier alpha value is -3.86. The summed E-state index contributed by atoms with van der Waals surface area (Å²) in [4.78, 5) is 8.70. The Kier molecular flexibility index (Phi) is 5.18. The molecule has 0 aliphatic carbocycles. The number of nitriles is 1. The van der Waals surface area contributed by atoms with Crippen LogP contribution in [0.15, 0.2) is 18.2 Å². The van der Waals surface area contributed by atoms with Crippen molar-refractivity contribution >= 4 is 43.1 Å². The molecule has 0 spiro atoms. The van der Waals surface area contributed by atoms with Crippen molar-refractivity contribution in [3.63, 3.8) is 0 Å². The van der Waals surface area contributed by atoms with E-state index < -0.39 is 70.4 Å². The molecule has 0 unspecified atom stereocenters. The van der Waals surface area contributed by atoms with Gasteiger partial charge in [0.1, 0.15) is 28.2 Å². The summed E-state index contributed by atoms with van der Waals surface area (Å²) in [6, 6.07) is 3.58. The van der Waals surface area contributed by atoms with Crippen molar-refractivity contribution in [3.05, 3.63) is 41.0 Å². The van der Waals surface area contributed by atoms with E-state index in [1.54, 1.807) is 6.07 Å². The van der Waals surface area contributed by atoms with Crippen LogP contribution in [-0.4, -0.2) is 36.1 Å². The van der Waals surface area contributed by atoms with Crippen molar-refractivity contribution in [2.45, 2.75) is 12.1 Å². The van der Waals surface area contributed by atoms with Crippen LogP contribution < -0.4 is 15.4 Å². The molecule has 1 aliphatic rings. The minimum Gasteiger partial charge on any atom is -0.467 e. The number of hydrogen-bond acceptors (Lipinski definition) is 7. The van der Waals surface area contributed by atoms with E-state index >= 15 is 4.39 Å². The summed E-state index contributed by atoms with van der Waals surface area (Å²) in [5, 5.41) is 8.61. The molecule has 2 aromatic heterocycles. The number of nitrogen functional groups attached to an aromatic ring is 1. The highest BCUT2D eigenvalue weighted by atomic mass is 32.1. The fourth-order valence-corrected chi connectivity index (χ4v) is 5.13. The topological polar surface area (TPSA) is 88.1 Å². The maximum absolute atomic E-state index is 16.0. The molecule has 0 radical (unpaired) electrons. The minimum absolute atomic E-state index is 0.154. The largest absolute Gasteiger partial charge is 0.467 e. The molecule has 1 aliphatic heterocycles. The molecule has 2 N–H and O–H groups in total. The molecule has 4 aromatic rings. The molecular formula is C22H12F7N5OS. The van der Waals surface area contributed by atoms with Gasteiger partial charge in [-0.2, -0.15) is 28.4 Å². The molecule has 36 heavy (non-hydrogen) atoms. The number of benzene rings is 2. The Labute approximate surface area is 201 Å². The second kappa shape index (κ2) is 7.82. The Morgan fingerprint density at radius 3 is 2.47 bits per heavy atom. The van der Waals surface area contributed by atoms with Gasteiger partial charge in [-0.25, -0.2) is 17.6 Å². The zero-order chi connectivity index (χ0) is 26.2. The molecule has 1 fully saturated rings. The van der Waals surface area contributed by atoms with Crippen LogP contribution in [0, 0.1) is 23.0 Å². The maximum atomic E-state index is 16.0. The lowest BCUT2D eigenvalue weighted by Gasteiger charge is -2.40. The van der Waals surface area contributed by atoms with Crippen LogP contribution in [0.3, 0.4) is 0 Å². The Morgan fingerprint density at radius 1 is 1.19 bits per heavy atom. The maximum Gasteiger partial charge on any atom is 0.417 e. The molecule has 14 heteroatoms. The number of methoxy groups -OCH3 is 1. The van der Waals surface area contributed by atoms with Crippen LogP contribution in [0.25, 0.3) is 32.1 Å². The van der Waals surface area contributed by atoms with E-state index in [1.165, 1.54) is 0 Å². The lowest BCUT2D eigenvalue weighted by Crippen LogP contribution is -2.56. The van der Waals surface area contributed by atoms with Gasteiger partial charge < -0.3 is 15.4 Å². The van der Waals surface area contributed by atoms with Crippen molar-refractivity contribution < 1.29 is 35.5 Å². The van der Waals surface area contributed by atoms with E-state index in [4.69, 9.17) is 10.5 Å². The van der Waals surface area contributed by atoms with Gasteiger partial charge in [0.2, 0.25) is 0 Å². The smallest absolute Gasteiger partial charge is 0.417 e. The summed E-state index contributed by atoms with van der Waals surface area (Å²) < 4.78 is 105. The highest BCUT2D eigenvalue weighted by molar-refractivity contribution is 7.23. The number of ether oxygens (including phenoxy) is 1. The molecule has 6 nitrogen and oxygen atoms in total. The normalized spacial score (nSPS) is 15.2. The average molecular weight is 527 g/mol. The Morgan fingerprint density at radius 2 is 1.89 bits per heavy atom. The predicted molar refractivity (Wildman–Crippen MR) is 118 cm³/mol. The van der Waals surface area contributed by atoms with Gasteiger partial charge in [0.05, 0.1) is 36.0 Å². The zero-order valence-electron chi connectivity index (χ0n) is 18.0. The van der Waals surface area contributed by atoms with E-state index in [9.17, 15) is 31.6 Å². The van der Waals surface area contributed by atoms with Crippen molar-refractivity contribution in [1.29, 1.82) is 5.26 Å². The number of halogens is 7. The Bertz CT molecular complexity index is 1600. The number of aromatic nitrogens is 2. The van der Waals surface area contributed by atoms with E-state index in [-0.39, 0.29) is 26.5 Å². The number of nitrogens with two attached hydrogens (primary N) is 1. The summed E-state index contributed by atoms with van der Waals surface area (Å²) in [6.07, 6.45) is -5.14. The van der Waals surface area contributed by atoms with Crippen LogP contribution in [0.5, 0.6) is 6.01 Å².